The van der Waals surface area contributed by atoms with Gasteiger partial charge in [0.1, 0.15) is 6.61 Å². The molecule has 0 spiro atoms. The molecule has 0 atom stereocenters. The fourth-order valence-electron chi connectivity index (χ4n) is 7.55. The van der Waals surface area contributed by atoms with Crippen molar-refractivity contribution in [3.05, 3.63) is 168 Å². The number of hydrogen-bond donors (Lipinski definition) is 0. The third-order valence-corrected chi connectivity index (χ3v) is 9.65. The summed E-state index contributed by atoms with van der Waals surface area (Å²) in [6.07, 6.45) is -1.59. The lowest BCUT2D eigenvalue weighted by atomic mass is 9.26. The molecule has 206 valence electrons. The average Bonchev–Trinajstić information content (AvgIpc) is 3.37. The number of hydrogen-bond acceptors (Lipinski definition) is 0. The van der Waals surface area contributed by atoms with E-state index in [0.29, 0.717) is 0 Å². The molecule has 8 rings (SSSR count). The molecule has 1 aliphatic heterocycles. The van der Waals surface area contributed by atoms with Crippen LogP contribution in [-0.4, -0.2) is 20.1 Å². The molecule has 0 aliphatic carbocycles. The lowest BCUT2D eigenvalue weighted by Gasteiger charge is -2.43. The molecule has 0 unspecified atom stereocenters. The molecule has 0 bridgehead atoms. The third-order valence-electron chi connectivity index (χ3n) is 9.65. The maximum atomic E-state index is 3.75. The fraction of sp³-hybridized carbons (Fsp3) is 0.0732. The summed E-state index contributed by atoms with van der Waals surface area (Å²) in [7, 11) is 2.24. The van der Waals surface area contributed by atoms with E-state index in [1.807, 2.05) is 0 Å². The van der Waals surface area contributed by atoms with E-state index in [1.165, 1.54) is 71.0 Å². The van der Waals surface area contributed by atoms with Crippen LogP contribution in [0.15, 0.2) is 152 Å². The van der Waals surface area contributed by atoms with E-state index in [9.17, 15) is 0 Å². The zero-order chi connectivity index (χ0) is 29.0. The molecule has 1 heterocycles. The van der Waals surface area contributed by atoms with Crippen LogP contribution in [0.1, 0.15) is 16.7 Å². The molecule has 0 fully saturated rings. The summed E-state index contributed by atoms with van der Waals surface area (Å²) in [6, 6.07) is 56.4. The SMILES string of the molecule is Cc1ccc(C2=C(c3ccc4ccccc4c3)[B-](c3ccc4ccccc4c3)(c3ccc4ccccc4c3)[O+](C)C2)cc1. The van der Waals surface area contributed by atoms with E-state index in [-0.39, 0.29) is 0 Å². The summed E-state index contributed by atoms with van der Waals surface area (Å²) in [5, 5.41) is 7.57. The predicted octanol–water partition coefficient (Wildman–Crippen LogP) is 8.86. The first-order valence-corrected chi connectivity index (χ1v) is 15.2. The van der Waals surface area contributed by atoms with Gasteiger partial charge in [-0.3, -0.25) is 0 Å². The van der Waals surface area contributed by atoms with Crippen molar-refractivity contribution in [2.24, 2.45) is 0 Å². The zero-order valence-corrected chi connectivity index (χ0v) is 24.6. The molecule has 0 radical (unpaired) electrons. The van der Waals surface area contributed by atoms with Crippen LogP contribution in [0.25, 0.3) is 43.4 Å². The van der Waals surface area contributed by atoms with Gasteiger partial charge in [0, 0.05) is 5.57 Å². The van der Waals surface area contributed by atoms with Gasteiger partial charge in [-0.25, -0.2) is 0 Å². The van der Waals surface area contributed by atoms with Crippen LogP contribution in [-0.2, 0) is 4.28 Å². The smallest absolute Gasteiger partial charge is 0.378 e. The van der Waals surface area contributed by atoms with Crippen LogP contribution < -0.4 is 10.9 Å². The highest BCUT2D eigenvalue weighted by molar-refractivity contribution is 7.13. The van der Waals surface area contributed by atoms with Crippen LogP contribution in [0.3, 0.4) is 0 Å². The summed E-state index contributed by atoms with van der Waals surface area (Å²) in [5.41, 5.74) is 9.19. The van der Waals surface area contributed by atoms with Crippen LogP contribution in [0.4, 0.5) is 0 Å². The van der Waals surface area contributed by atoms with Crippen molar-refractivity contribution < 1.29 is 4.28 Å². The summed E-state index contributed by atoms with van der Waals surface area (Å²) in [4.78, 5) is 0. The Morgan fingerprint density at radius 3 is 1.44 bits per heavy atom. The molecule has 0 amide bonds. The maximum Gasteiger partial charge on any atom is 0.378 e. The topological polar surface area (TPSA) is 2.70 Å². The largest absolute Gasteiger partial charge is 0.659 e. The van der Waals surface area contributed by atoms with E-state index >= 15 is 0 Å². The lowest BCUT2D eigenvalue weighted by molar-refractivity contribution is 0.0930. The Morgan fingerprint density at radius 2 is 0.907 bits per heavy atom. The molecule has 7 aromatic rings. The van der Waals surface area contributed by atoms with Gasteiger partial charge in [-0.05, 0) is 50.9 Å². The van der Waals surface area contributed by atoms with Crippen LogP contribution in [0, 0.1) is 6.92 Å². The Kier molecular flexibility index (Phi) is 6.06. The van der Waals surface area contributed by atoms with Gasteiger partial charge in [-0.2, -0.15) is 0 Å². The Balaban J connectivity index is 1.51. The monoisotopic (exact) mass is 552 g/mol. The molecule has 0 aromatic heterocycles. The Hall–Kier alpha value is -4.92. The van der Waals surface area contributed by atoms with Gasteiger partial charge in [0.2, 0.25) is 0 Å². The Labute approximate surface area is 253 Å². The zero-order valence-electron chi connectivity index (χ0n) is 24.6. The number of fused-ring (bicyclic) bond motifs is 3. The van der Waals surface area contributed by atoms with Crippen molar-refractivity contribution in [3.63, 3.8) is 0 Å². The molecule has 2 heteroatoms. The first-order valence-electron chi connectivity index (χ1n) is 15.2. The molecule has 0 saturated heterocycles. The third kappa shape index (κ3) is 4.13. The molecule has 1 nitrogen and oxygen atoms in total. The van der Waals surface area contributed by atoms with Crippen molar-refractivity contribution in [1.82, 2.24) is 0 Å². The van der Waals surface area contributed by atoms with E-state index in [4.69, 9.17) is 0 Å². The van der Waals surface area contributed by atoms with Gasteiger partial charge in [-0.15, -0.1) is 10.9 Å². The first kappa shape index (κ1) is 25.8. The number of aryl methyl sites for hydroxylation is 1. The summed E-state index contributed by atoms with van der Waals surface area (Å²) < 4.78 is 3.75. The lowest BCUT2D eigenvalue weighted by Crippen LogP contribution is -2.64. The van der Waals surface area contributed by atoms with Crippen molar-refractivity contribution in [2.75, 3.05) is 13.7 Å². The van der Waals surface area contributed by atoms with Crippen molar-refractivity contribution in [3.8, 4) is 0 Å². The molecule has 1 aliphatic rings. The van der Waals surface area contributed by atoms with Crippen molar-refractivity contribution >= 4 is 60.6 Å². The standard InChI is InChI=1S/C41H33BO/c1-29-15-17-33(18-16-29)40-28-43(2)42(38-23-21-31-10-4-7-13-35(31)26-38,39-24-22-32-11-5-8-14-36(32)27-39)41(40)37-20-19-30-9-3-6-12-34(30)25-37/h3-27H,28H2,1-2H3. The maximum absolute atomic E-state index is 3.75. The molecule has 43 heavy (non-hydrogen) atoms. The minimum Gasteiger partial charge on any atom is -0.659 e. The van der Waals surface area contributed by atoms with Crippen LogP contribution in [0.5, 0.6) is 0 Å². The second kappa shape index (κ2) is 10.1. The normalized spacial score (nSPS) is 15.1. The van der Waals surface area contributed by atoms with Gasteiger partial charge in [0.15, 0.2) is 0 Å². The Bertz CT molecular complexity index is 2110. The second-order valence-corrected chi connectivity index (χ2v) is 12.2. The average molecular weight is 553 g/mol. The Morgan fingerprint density at radius 1 is 0.465 bits per heavy atom. The van der Waals surface area contributed by atoms with E-state index in [1.54, 1.807) is 0 Å². The van der Waals surface area contributed by atoms with Crippen LogP contribution >= 0.6 is 0 Å². The number of benzene rings is 7. The predicted molar refractivity (Wildman–Crippen MR) is 187 cm³/mol. The summed E-state index contributed by atoms with van der Waals surface area (Å²) >= 11 is 0. The van der Waals surface area contributed by atoms with Gasteiger partial charge in [-0.1, -0.05) is 162 Å². The minimum absolute atomic E-state index is 0.783. The highest BCUT2D eigenvalue weighted by Gasteiger charge is 2.51. The molecular formula is C41H33BO. The van der Waals surface area contributed by atoms with E-state index < -0.39 is 6.35 Å². The molecule has 0 N–H and O–H groups in total. The summed E-state index contributed by atoms with van der Waals surface area (Å²) in [5.74, 6) is 0. The van der Waals surface area contributed by atoms with Gasteiger partial charge in [0.05, 0.1) is 7.11 Å². The molecule has 7 aromatic carbocycles. The van der Waals surface area contributed by atoms with Crippen LogP contribution in [0.2, 0.25) is 0 Å². The fourth-order valence-corrected chi connectivity index (χ4v) is 7.55. The second-order valence-electron chi connectivity index (χ2n) is 12.2. The van der Waals surface area contributed by atoms with Gasteiger partial charge < -0.3 is 4.28 Å². The van der Waals surface area contributed by atoms with E-state index in [2.05, 4.69) is 170 Å². The van der Waals surface area contributed by atoms with Crippen molar-refractivity contribution in [1.29, 1.82) is 0 Å². The van der Waals surface area contributed by atoms with Gasteiger partial charge in [0.25, 0.3) is 0 Å². The highest BCUT2D eigenvalue weighted by atomic mass is 16.6. The number of rotatable bonds is 4. The minimum atomic E-state index is -1.59. The molecule has 0 saturated carbocycles. The van der Waals surface area contributed by atoms with Crippen molar-refractivity contribution in [2.45, 2.75) is 6.92 Å². The van der Waals surface area contributed by atoms with Gasteiger partial charge >= 0.3 is 6.35 Å². The quantitative estimate of drug-likeness (QED) is 0.152. The van der Waals surface area contributed by atoms with E-state index in [0.717, 1.165) is 6.61 Å². The highest BCUT2D eigenvalue weighted by Crippen LogP contribution is 2.45. The molecular weight excluding hydrogens is 519 g/mol. The first-order chi connectivity index (χ1) is 21.1. The summed E-state index contributed by atoms with van der Waals surface area (Å²) in [6.45, 7) is 2.95.